The maximum Gasteiger partial charge on any atom is 0.0776 e. The van der Waals surface area contributed by atoms with Gasteiger partial charge in [0.1, 0.15) is 0 Å². The number of aliphatic hydroxyl groups excluding tert-OH is 1. The van der Waals surface area contributed by atoms with Crippen LogP contribution in [0.15, 0.2) is 5.10 Å². The zero-order chi connectivity index (χ0) is 19.1. The molecule has 4 rings (SSSR count). The Morgan fingerprint density at radius 1 is 1.11 bits per heavy atom. The predicted octanol–water partition coefficient (Wildman–Crippen LogP) is 3.62. The molecule has 0 spiro atoms. The molecule has 4 aliphatic carbocycles. The van der Waals surface area contributed by atoms with E-state index < -0.39 is 0 Å². The number of nitrogens with zero attached hydrogens (tertiary/aromatic N) is 1. The van der Waals surface area contributed by atoms with Gasteiger partial charge in [-0.05, 0) is 105 Å². The lowest BCUT2D eigenvalue weighted by Crippen LogP contribution is -2.54. The first-order chi connectivity index (χ1) is 13.0. The molecule has 0 heterocycles. The van der Waals surface area contributed by atoms with Crippen LogP contribution in [0.25, 0.3) is 0 Å². The maximum absolute atomic E-state index is 10.6. The van der Waals surface area contributed by atoms with Gasteiger partial charge < -0.3 is 10.8 Å². The lowest BCUT2D eigenvalue weighted by atomic mass is 9.45. The van der Waals surface area contributed by atoms with Crippen LogP contribution in [0, 0.1) is 34.5 Å². The van der Waals surface area contributed by atoms with Gasteiger partial charge in [0.25, 0.3) is 0 Å². The van der Waals surface area contributed by atoms with Crippen molar-refractivity contribution in [2.75, 3.05) is 13.2 Å². The number of hydrogen-bond acceptors (Lipinski definition) is 5. The van der Waals surface area contributed by atoms with Crippen LogP contribution in [-0.2, 0) is 4.84 Å². The van der Waals surface area contributed by atoms with Crippen LogP contribution in [0.3, 0.4) is 0 Å². The molecule has 7 unspecified atom stereocenters. The van der Waals surface area contributed by atoms with Gasteiger partial charge in [-0.1, -0.05) is 13.8 Å². The monoisotopic (exact) mass is 377 g/mol. The minimum Gasteiger partial charge on any atom is -0.393 e. The molecule has 27 heavy (non-hydrogen) atoms. The highest BCUT2D eigenvalue weighted by Crippen LogP contribution is 2.65. The summed E-state index contributed by atoms with van der Waals surface area (Å²) in [4.78, 5) is 5.35. The molecule has 0 bridgehead atoms. The number of fused-ring (bicyclic) bond motifs is 5. The van der Waals surface area contributed by atoms with Gasteiger partial charge in [-0.25, -0.2) is 0 Å². The summed E-state index contributed by atoms with van der Waals surface area (Å²) >= 11 is 0. The van der Waals surface area contributed by atoms with Crippen LogP contribution in [0.4, 0.5) is 0 Å². The third-order valence-electron chi connectivity index (χ3n) is 9.17. The summed E-state index contributed by atoms with van der Waals surface area (Å²) < 4.78 is 0. The normalized spacial score (nSPS) is 48.0. The molecular weight excluding hydrogens is 338 g/mol. The van der Waals surface area contributed by atoms with E-state index in [4.69, 9.17) is 10.6 Å². The molecule has 0 aliphatic heterocycles. The van der Waals surface area contributed by atoms with Crippen molar-refractivity contribution in [3.63, 3.8) is 0 Å². The van der Waals surface area contributed by atoms with Crippen LogP contribution in [0.2, 0.25) is 0 Å². The summed E-state index contributed by atoms with van der Waals surface area (Å²) in [5, 5.41) is 15.1. The van der Waals surface area contributed by atoms with E-state index >= 15 is 0 Å². The number of nitrogens with one attached hydrogen (secondary N) is 1. The SMILES string of the molecule is CC12CCC3C(CCC4CC(=NNOCCCN)CCC43C)C1CCC2O. The Bertz CT molecular complexity index is 568. The fourth-order valence-electron chi connectivity index (χ4n) is 7.43. The van der Waals surface area contributed by atoms with Gasteiger partial charge >= 0.3 is 0 Å². The van der Waals surface area contributed by atoms with E-state index in [2.05, 4.69) is 24.5 Å². The number of nitrogens with two attached hydrogens (primary N) is 1. The number of aliphatic hydroxyl groups is 1. The van der Waals surface area contributed by atoms with Crippen molar-refractivity contribution in [1.29, 1.82) is 0 Å². The Labute approximate surface area is 164 Å². The van der Waals surface area contributed by atoms with Crippen LogP contribution in [0.1, 0.15) is 78.1 Å². The maximum atomic E-state index is 10.6. The first kappa shape index (κ1) is 19.7. The van der Waals surface area contributed by atoms with Gasteiger partial charge in [-0.15, -0.1) is 0 Å². The third kappa shape index (κ3) is 3.34. The van der Waals surface area contributed by atoms with Crippen molar-refractivity contribution in [3.8, 4) is 0 Å². The fourth-order valence-corrected chi connectivity index (χ4v) is 7.43. The average molecular weight is 378 g/mol. The molecule has 0 saturated heterocycles. The van der Waals surface area contributed by atoms with Crippen LogP contribution in [-0.4, -0.2) is 30.1 Å². The molecular formula is C22H39N3O2. The van der Waals surface area contributed by atoms with E-state index in [1.807, 2.05) is 0 Å². The molecule has 0 aromatic rings. The Balaban J connectivity index is 1.41. The quantitative estimate of drug-likeness (QED) is 0.505. The lowest BCUT2D eigenvalue weighted by molar-refractivity contribution is -0.112. The summed E-state index contributed by atoms with van der Waals surface area (Å²) in [6, 6.07) is 0. The van der Waals surface area contributed by atoms with Gasteiger partial charge in [0, 0.05) is 5.71 Å². The van der Waals surface area contributed by atoms with Gasteiger partial charge in [-0.3, -0.25) is 4.84 Å². The zero-order valence-electron chi connectivity index (χ0n) is 17.3. The summed E-state index contributed by atoms with van der Waals surface area (Å²) in [5.74, 6) is 3.18. The van der Waals surface area contributed by atoms with Gasteiger partial charge in [0.15, 0.2) is 0 Å². The minimum atomic E-state index is -0.0654. The summed E-state index contributed by atoms with van der Waals surface area (Å²) in [5.41, 5.74) is 10.2. The van der Waals surface area contributed by atoms with Gasteiger partial charge in [-0.2, -0.15) is 10.7 Å². The average Bonchev–Trinajstić information content (AvgIpc) is 2.97. The van der Waals surface area contributed by atoms with E-state index in [-0.39, 0.29) is 11.5 Å². The molecule has 154 valence electrons. The molecule has 4 fully saturated rings. The molecule has 0 aromatic heterocycles. The highest BCUT2D eigenvalue weighted by Gasteiger charge is 2.59. The Hall–Kier alpha value is -0.650. The lowest BCUT2D eigenvalue weighted by Gasteiger charge is -2.60. The van der Waals surface area contributed by atoms with Gasteiger partial charge in [0.05, 0.1) is 12.7 Å². The van der Waals surface area contributed by atoms with Gasteiger partial charge in [0.2, 0.25) is 0 Å². The van der Waals surface area contributed by atoms with E-state index in [1.165, 1.54) is 44.2 Å². The Morgan fingerprint density at radius 3 is 2.74 bits per heavy atom. The molecule has 0 amide bonds. The predicted molar refractivity (Wildman–Crippen MR) is 108 cm³/mol. The summed E-state index contributed by atoms with van der Waals surface area (Å²) in [6.07, 6.45) is 11.8. The second-order valence-corrected chi connectivity index (χ2v) is 10.3. The molecule has 4 N–H and O–H groups in total. The van der Waals surface area contributed by atoms with Crippen LogP contribution >= 0.6 is 0 Å². The fraction of sp³-hybridized carbons (Fsp3) is 0.955. The topological polar surface area (TPSA) is 79.9 Å². The first-order valence-corrected chi connectivity index (χ1v) is 11.3. The standard InChI is InChI=1S/C22H39N3O2/c1-21-10-8-16(24-25-27-13-3-12-23)14-15(21)4-5-17-18-6-7-20(26)22(18,2)11-9-19(17)21/h15,17-20,25-26H,3-14,23H2,1-2H3. The summed E-state index contributed by atoms with van der Waals surface area (Å²) in [6.45, 7) is 6.22. The smallest absolute Gasteiger partial charge is 0.0776 e. The van der Waals surface area contributed by atoms with Crippen LogP contribution in [0.5, 0.6) is 0 Å². The Morgan fingerprint density at radius 2 is 1.93 bits per heavy atom. The van der Waals surface area contributed by atoms with E-state index in [0.29, 0.717) is 18.6 Å². The van der Waals surface area contributed by atoms with Crippen molar-refractivity contribution in [3.05, 3.63) is 0 Å². The molecule has 0 aromatic carbocycles. The van der Waals surface area contributed by atoms with Crippen molar-refractivity contribution in [2.24, 2.45) is 45.3 Å². The largest absolute Gasteiger partial charge is 0.393 e. The molecule has 0 radical (unpaired) electrons. The zero-order valence-corrected chi connectivity index (χ0v) is 17.3. The van der Waals surface area contributed by atoms with Crippen molar-refractivity contribution in [2.45, 2.75) is 84.2 Å². The van der Waals surface area contributed by atoms with E-state index in [0.717, 1.165) is 49.4 Å². The molecule has 4 aliphatic rings. The highest BCUT2D eigenvalue weighted by molar-refractivity contribution is 5.85. The van der Waals surface area contributed by atoms with E-state index in [9.17, 15) is 5.11 Å². The number of rotatable bonds is 5. The molecule has 5 nitrogen and oxygen atoms in total. The first-order valence-electron chi connectivity index (χ1n) is 11.3. The highest BCUT2D eigenvalue weighted by atomic mass is 16.7. The van der Waals surface area contributed by atoms with Crippen molar-refractivity contribution >= 4 is 5.71 Å². The van der Waals surface area contributed by atoms with E-state index in [1.54, 1.807) is 0 Å². The molecule has 4 saturated carbocycles. The second kappa shape index (κ2) is 7.64. The van der Waals surface area contributed by atoms with Crippen molar-refractivity contribution < 1.29 is 9.94 Å². The summed E-state index contributed by atoms with van der Waals surface area (Å²) in [7, 11) is 0. The number of hydrazone groups is 1. The third-order valence-corrected chi connectivity index (χ3v) is 9.17. The minimum absolute atomic E-state index is 0.0654. The Kier molecular flexibility index (Phi) is 5.56. The molecule has 5 heteroatoms. The van der Waals surface area contributed by atoms with Crippen LogP contribution < -0.4 is 11.3 Å². The van der Waals surface area contributed by atoms with Crippen molar-refractivity contribution in [1.82, 2.24) is 5.59 Å². The second-order valence-electron chi connectivity index (χ2n) is 10.3. The number of hydrogen-bond donors (Lipinski definition) is 3. The molecule has 7 atom stereocenters.